The quantitative estimate of drug-likeness (QED) is 0.508. The molecule has 156 valence electrons. The number of hydrogen-bond acceptors (Lipinski definition) is 3. The smallest absolute Gasteiger partial charge is 0.356 e. The van der Waals surface area contributed by atoms with Crippen molar-refractivity contribution < 1.29 is 23.8 Å². The largest absolute Gasteiger partial charge is 0.485 e. The Morgan fingerprint density at radius 2 is 1.56 bits per heavy atom. The summed E-state index contributed by atoms with van der Waals surface area (Å²) in [7, 11) is -4.37. The standard InChI is InChI=1S/C21H37O5P/c1-9-21(8,27(22,23)24)25-15-20(6,7)26-18-12-10-17(11-13-18)19(4,5)14-16(2)3/h10-13,16H,9,14-15H2,1-8H3,(H2,22,23,24). The number of ether oxygens (including phenoxy) is 2. The lowest BCUT2D eigenvalue weighted by atomic mass is 9.78. The van der Waals surface area contributed by atoms with E-state index in [-0.39, 0.29) is 18.4 Å². The Morgan fingerprint density at radius 3 is 1.96 bits per heavy atom. The van der Waals surface area contributed by atoms with Gasteiger partial charge in [-0.1, -0.05) is 46.8 Å². The highest BCUT2D eigenvalue weighted by molar-refractivity contribution is 7.53. The van der Waals surface area contributed by atoms with E-state index >= 15 is 0 Å². The van der Waals surface area contributed by atoms with E-state index in [4.69, 9.17) is 9.47 Å². The Labute approximate surface area is 164 Å². The molecule has 0 aromatic heterocycles. The zero-order valence-corrected chi connectivity index (χ0v) is 19.0. The van der Waals surface area contributed by atoms with Crippen LogP contribution in [0.3, 0.4) is 0 Å². The molecule has 0 amide bonds. The highest BCUT2D eigenvalue weighted by Gasteiger charge is 2.43. The van der Waals surface area contributed by atoms with Crippen LogP contribution < -0.4 is 4.74 Å². The molecule has 1 atom stereocenters. The van der Waals surface area contributed by atoms with Crippen molar-refractivity contribution in [2.75, 3.05) is 6.61 Å². The van der Waals surface area contributed by atoms with Crippen LogP contribution in [-0.4, -0.2) is 27.3 Å². The summed E-state index contributed by atoms with van der Waals surface area (Å²) in [4.78, 5) is 19.1. The molecule has 1 unspecified atom stereocenters. The summed E-state index contributed by atoms with van der Waals surface area (Å²) in [6, 6.07) is 8.06. The van der Waals surface area contributed by atoms with E-state index in [1.807, 2.05) is 26.0 Å². The lowest BCUT2D eigenvalue weighted by molar-refractivity contribution is -0.0621. The highest BCUT2D eigenvalue weighted by Crippen LogP contribution is 2.53. The minimum Gasteiger partial charge on any atom is -0.485 e. The summed E-state index contributed by atoms with van der Waals surface area (Å²) in [6.45, 7) is 15.8. The Bertz CT molecular complexity index is 645. The molecule has 0 aliphatic carbocycles. The van der Waals surface area contributed by atoms with Crippen LogP contribution in [0.25, 0.3) is 0 Å². The molecule has 0 aliphatic rings. The first-order valence-electron chi connectivity index (χ1n) is 9.61. The van der Waals surface area contributed by atoms with Gasteiger partial charge in [-0.2, -0.15) is 0 Å². The third-order valence-corrected chi connectivity index (χ3v) is 6.63. The molecule has 0 saturated heterocycles. The molecule has 0 saturated carbocycles. The van der Waals surface area contributed by atoms with Gasteiger partial charge < -0.3 is 19.3 Å². The van der Waals surface area contributed by atoms with E-state index in [0.29, 0.717) is 11.7 Å². The Balaban J connectivity index is 2.81. The molecule has 1 rings (SSSR count). The molecule has 0 bridgehead atoms. The van der Waals surface area contributed by atoms with Gasteiger partial charge >= 0.3 is 7.60 Å². The Morgan fingerprint density at radius 1 is 1.04 bits per heavy atom. The van der Waals surface area contributed by atoms with E-state index in [9.17, 15) is 14.4 Å². The van der Waals surface area contributed by atoms with Gasteiger partial charge in [0.05, 0.1) is 6.61 Å². The van der Waals surface area contributed by atoms with E-state index in [0.717, 1.165) is 6.42 Å². The number of benzene rings is 1. The van der Waals surface area contributed by atoms with Gasteiger partial charge in [0.1, 0.15) is 11.4 Å². The minimum absolute atomic E-state index is 0.0725. The first-order chi connectivity index (χ1) is 12.1. The monoisotopic (exact) mass is 400 g/mol. The second kappa shape index (κ2) is 8.65. The average molecular weight is 400 g/mol. The lowest BCUT2D eigenvalue weighted by Gasteiger charge is -2.34. The van der Waals surface area contributed by atoms with Gasteiger partial charge in [-0.25, -0.2) is 0 Å². The Hall–Kier alpha value is -0.870. The second-order valence-electron chi connectivity index (χ2n) is 9.23. The van der Waals surface area contributed by atoms with E-state index in [1.165, 1.54) is 12.5 Å². The average Bonchev–Trinajstić information content (AvgIpc) is 2.50. The topological polar surface area (TPSA) is 76.0 Å². The zero-order valence-electron chi connectivity index (χ0n) is 18.1. The van der Waals surface area contributed by atoms with Gasteiger partial charge in [-0.3, -0.25) is 4.57 Å². The van der Waals surface area contributed by atoms with Crippen molar-refractivity contribution in [3.05, 3.63) is 29.8 Å². The molecular weight excluding hydrogens is 363 g/mol. The highest BCUT2D eigenvalue weighted by atomic mass is 31.2. The maximum Gasteiger partial charge on any atom is 0.356 e. The summed E-state index contributed by atoms with van der Waals surface area (Å²) in [5.74, 6) is 1.33. The molecule has 2 N–H and O–H groups in total. The van der Waals surface area contributed by atoms with Crippen LogP contribution in [0.5, 0.6) is 5.75 Å². The summed E-state index contributed by atoms with van der Waals surface area (Å²) in [6.07, 6.45) is 1.32. The Kier molecular flexibility index (Phi) is 7.74. The van der Waals surface area contributed by atoms with Crippen molar-refractivity contribution in [3.8, 4) is 5.75 Å². The van der Waals surface area contributed by atoms with Crippen LogP contribution in [0, 0.1) is 5.92 Å². The van der Waals surface area contributed by atoms with Crippen LogP contribution in [0.4, 0.5) is 0 Å². The molecule has 27 heavy (non-hydrogen) atoms. The molecule has 0 radical (unpaired) electrons. The first kappa shape index (κ1) is 24.2. The fourth-order valence-electron chi connectivity index (χ4n) is 3.18. The van der Waals surface area contributed by atoms with Gasteiger partial charge in [-0.15, -0.1) is 0 Å². The second-order valence-corrected chi connectivity index (χ2v) is 11.3. The molecule has 0 fully saturated rings. The molecule has 0 spiro atoms. The molecule has 1 aromatic rings. The molecule has 0 aliphatic heterocycles. The third-order valence-electron chi connectivity index (χ3n) is 4.95. The summed E-state index contributed by atoms with van der Waals surface area (Å²) in [5.41, 5.74) is 0.635. The predicted molar refractivity (Wildman–Crippen MR) is 110 cm³/mol. The van der Waals surface area contributed by atoms with Gasteiger partial charge in [0.15, 0.2) is 5.34 Å². The molecule has 5 nitrogen and oxygen atoms in total. The van der Waals surface area contributed by atoms with Crippen LogP contribution in [-0.2, 0) is 14.7 Å². The summed E-state index contributed by atoms with van der Waals surface area (Å²) < 4.78 is 23.3. The van der Waals surface area contributed by atoms with E-state index in [2.05, 4.69) is 39.8 Å². The lowest BCUT2D eigenvalue weighted by Crippen LogP contribution is -2.39. The van der Waals surface area contributed by atoms with E-state index < -0.39 is 18.5 Å². The molecular formula is C21H37O5P. The predicted octanol–water partition coefficient (Wildman–Crippen LogP) is 5.49. The minimum atomic E-state index is -4.37. The van der Waals surface area contributed by atoms with Crippen LogP contribution in [0.15, 0.2) is 24.3 Å². The normalized spacial score (nSPS) is 15.7. The van der Waals surface area contributed by atoms with Crippen molar-refractivity contribution >= 4 is 7.60 Å². The van der Waals surface area contributed by atoms with Gasteiger partial charge in [0, 0.05) is 0 Å². The van der Waals surface area contributed by atoms with Crippen LogP contribution in [0.2, 0.25) is 0 Å². The van der Waals surface area contributed by atoms with Gasteiger partial charge in [0.25, 0.3) is 0 Å². The van der Waals surface area contributed by atoms with Crippen molar-refractivity contribution in [1.29, 1.82) is 0 Å². The van der Waals surface area contributed by atoms with Crippen molar-refractivity contribution in [2.45, 2.75) is 84.6 Å². The van der Waals surface area contributed by atoms with Crippen LogP contribution >= 0.6 is 7.60 Å². The van der Waals surface area contributed by atoms with Gasteiger partial charge in [0.2, 0.25) is 0 Å². The zero-order chi connectivity index (χ0) is 21.1. The fourth-order valence-corrected chi connectivity index (χ4v) is 3.83. The summed E-state index contributed by atoms with van der Waals surface area (Å²) >= 11 is 0. The first-order valence-corrected chi connectivity index (χ1v) is 11.2. The van der Waals surface area contributed by atoms with Crippen molar-refractivity contribution in [1.82, 2.24) is 0 Å². The van der Waals surface area contributed by atoms with Gasteiger partial charge in [-0.05, 0) is 62.6 Å². The maximum atomic E-state index is 11.7. The third kappa shape index (κ3) is 6.90. The number of hydrogen-bond donors (Lipinski definition) is 2. The maximum absolute atomic E-state index is 11.7. The number of rotatable bonds is 10. The summed E-state index contributed by atoms with van der Waals surface area (Å²) in [5, 5.41) is -1.50. The molecule has 6 heteroatoms. The molecule has 1 aromatic carbocycles. The van der Waals surface area contributed by atoms with Crippen LogP contribution in [0.1, 0.15) is 73.8 Å². The molecule has 0 heterocycles. The fraction of sp³-hybridized carbons (Fsp3) is 0.714. The van der Waals surface area contributed by atoms with Crippen molar-refractivity contribution in [3.63, 3.8) is 0 Å². The van der Waals surface area contributed by atoms with E-state index in [1.54, 1.807) is 6.92 Å². The SMILES string of the molecule is CCC(C)(OCC(C)(C)Oc1ccc(C(C)(C)CC(C)C)cc1)P(=O)(O)O. The van der Waals surface area contributed by atoms with Crippen molar-refractivity contribution in [2.24, 2.45) is 5.92 Å².